The molecule has 0 aliphatic rings. The van der Waals surface area contributed by atoms with Gasteiger partial charge in [0.1, 0.15) is 6.54 Å². The molecule has 0 saturated carbocycles. The van der Waals surface area contributed by atoms with Crippen LogP contribution in [-0.4, -0.2) is 23.6 Å². The van der Waals surface area contributed by atoms with E-state index in [-0.39, 0.29) is 18.4 Å². The maximum atomic E-state index is 11.7. The van der Waals surface area contributed by atoms with Crippen LogP contribution < -0.4 is 4.80 Å². The molecular weight excluding hydrogens is 300 g/mol. The molecule has 0 atom stereocenters. The average molecular weight is 314 g/mol. The van der Waals surface area contributed by atoms with Crippen LogP contribution in [0.3, 0.4) is 0 Å². The second-order valence-corrected chi connectivity index (χ2v) is 5.79. The fourth-order valence-corrected chi connectivity index (χ4v) is 3.57. The van der Waals surface area contributed by atoms with Gasteiger partial charge >= 0.3 is 5.97 Å². The number of rotatable bonds is 2. The number of carbonyl (C=O) groups excluding carboxylic acids is 2. The molecule has 1 aromatic heterocycles. The summed E-state index contributed by atoms with van der Waals surface area (Å²) in [7, 11) is 1.34. The fraction of sp³-hybridized carbons (Fsp3) is 0.188. The van der Waals surface area contributed by atoms with Crippen molar-refractivity contribution >= 4 is 44.2 Å². The first-order valence-corrected chi connectivity index (χ1v) is 7.55. The van der Waals surface area contributed by atoms with Gasteiger partial charge in [-0.15, -0.1) is 0 Å². The van der Waals surface area contributed by atoms with Crippen LogP contribution in [0, 0.1) is 0 Å². The quantitative estimate of drug-likeness (QED) is 0.683. The number of fused-ring (bicyclic) bond motifs is 3. The van der Waals surface area contributed by atoms with Crippen LogP contribution in [-0.2, 0) is 20.9 Å². The molecule has 0 radical (unpaired) electrons. The highest BCUT2D eigenvalue weighted by Crippen LogP contribution is 2.27. The highest BCUT2D eigenvalue weighted by Gasteiger charge is 2.13. The Hall–Kier alpha value is -2.47. The molecule has 22 heavy (non-hydrogen) atoms. The number of carbonyl (C=O) groups is 2. The van der Waals surface area contributed by atoms with Gasteiger partial charge in [-0.1, -0.05) is 41.7 Å². The van der Waals surface area contributed by atoms with E-state index in [0.29, 0.717) is 4.80 Å². The Bertz CT molecular complexity index is 953. The molecule has 6 heteroatoms. The highest BCUT2D eigenvalue weighted by atomic mass is 32.1. The zero-order valence-corrected chi connectivity index (χ0v) is 13.0. The SMILES string of the molecule is COC(=O)Cn1c(=NC(C)=O)sc2c3ccccc3ccc21. The molecule has 0 saturated heterocycles. The Morgan fingerprint density at radius 1 is 1.23 bits per heavy atom. The molecule has 3 rings (SSSR count). The first kappa shape index (κ1) is 14.5. The van der Waals surface area contributed by atoms with Crippen molar-refractivity contribution in [2.75, 3.05) is 7.11 Å². The van der Waals surface area contributed by atoms with E-state index in [2.05, 4.69) is 4.99 Å². The van der Waals surface area contributed by atoms with E-state index in [9.17, 15) is 9.59 Å². The van der Waals surface area contributed by atoms with Gasteiger partial charge in [0, 0.05) is 12.3 Å². The van der Waals surface area contributed by atoms with E-state index in [0.717, 1.165) is 21.0 Å². The Morgan fingerprint density at radius 2 is 2.00 bits per heavy atom. The van der Waals surface area contributed by atoms with Gasteiger partial charge in [0.05, 0.1) is 17.3 Å². The number of ether oxygens (including phenoxy) is 1. The summed E-state index contributed by atoms with van der Waals surface area (Å²) in [6, 6.07) is 11.9. The largest absolute Gasteiger partial charge is 0.468 e. The van der Waals surface area contributed by atoms with Crippen molar-refractivity contribution < 1.29 is 14.3 Å². The first-order chi connectivity index (χ1) is 10.6. The second kappa shape index (κ2) is 5.73. The molecular formula is C16H14N2O3S. The van der Waals surface area contributed by atoms with E-state index in [4.69, 9.17) is 4.74 Å². The lowest BCUT2D eigenvalue weighted by atomic mass is 10.1. The number of esters is 1. The molecule has 0 aliphatic heterocycles. The third-order valence-electron chi connectivity index (χ3n) is 3.34. The number of hydrogen-bond acceptors (Lipinski definition) is 4. The van der Waals surface area contributed by atoms with Crippen molar-refractivity contribution in [1.29, 1.82) is 0 Å². The van der Waals surface area contributed by atoms with Crippen LogP contribution in [0.15, 0.2) is 41.4 Å². The average Bonchev–Trinajstić information content (AvgIpc) is 2.84. The van der Waals surface area contributed by atoms with Gasteiger partial charge in [0.15, 0.2) is 4.80 Å². The van der Waals surface area contributed by atoms with Crippen LogP contribution in [0.25, 0.3) is 21.0 Å². The molecule has 1 amide bonds. The predicted molar refractivity (Wildman–Crippen MR) is 85.6 cm³/mol. The van der Waals surface area contributed by atoms with Gasteiger partial charge in [-0.2, -0.15) is 4.99 Å². The van der Waals surface area contributed by atoms with E-state index >= 15 is 0 Å². The van der Waals surface area contributed by atoms with Gasteiger partial charge in [0.2, 0.25) is 5.91 Å². The maximum Gasteiger partial charge on any atom is 0.325 e. The molecule has 0 bridgehead atoms. The summed E-state index contributed by atoms with van der Waals surface area (Å²) in [5, 5.41) is 2.18. The Kier molecular flexibility index (Phi) is 3.77. The van der Waals surface area contributed by atoms with Crippen LogP contribution in [0.5, 0.6) is 0 Å². The summed E-state index contributed by atoms with van der Waals surface area (Å²) in [5.74, 6) is -0.674. The third kappa shape index (κ3) is 2.53. The van der Waals surface area contributed by atoms with Crippen molar-refractivity contribution in [3.63, 3.8) is 0 Å². The molecule has 3 aromatic rings. The van der Waals surface area contributed by atoms with Crippen LogP contribution >= 0.6 is 11.3 Å². The van der Waals surface area contributed by atoms with E-state index in [1.165, 1.54) is 25.4 Å². The predicted octanol–water partition coefficient (Wildman–Crippen LogP) is 2.48. The maximum absolute atomic E-state index is 11.7. The van der Waals surface area contributed by atoms with Crippen molar-refractivity contribution in [3.8, 4) is 0 Å². The third-order valence-corrected chi connectivity index (χ3v) is 4.47. The monoisotopic (exact) mass is 314 g/mol. The number of amides is 1. The normalized spacial score (nSPS) is 12.0. The topological polar surface area (TPSA) is 60.7 Å². The number of nitrogens with zero attached hydrogens (tertiary/aromatic N) is 2. The molecule has 0 spiro atoms. The summed E-state index contributed by atoms with van der Waals surface area (Å²) in [6.45, 7) is 1.42. The zero-order chi connectivity index (χ0) is 15.7. The number of aromatic nitrogens is 1. The molecule has 0 fully saturated rings. The minimum absolute atomic E-state index is 0.0287. The minimum atomic E-state index is -0.377. The van der Waals surface area contributed by atoms with Crippen LogP contribution in [0.4, 0.5) is 0 Å². The number of methoxy groups -OCH3 is 1. The van der Waals surface area contributed by atoms with E-state index in [1.807, 2.05) is 36.4 Å². The standard InChI is InChI=1S/C16H14N2O3S/c1-10(19)17-16-18(9-14(20)21-2)13-8-7-11-5-3-4-6-12(11)15(13)22-16/h3-8H,9H2,1-2H3. The summed E-state index contributed by atoms with van der Waals surface area (Å²) < 4.78 is 7.46. The van der Waals surface area contributed by atoms with Crippen molar-refractivity contribution in [2.24, 2.45) is 4.99 Å². The lowest BCUT2D eigenvalue weighted by Gasteiger charge is -2.04. The van der Waals surface area contributed by atoms with Gasteiger partial charge < -0.3 is 9.30 Å². The molecule has 5 nitrogen and oxygen atoms in total. The van der Waals surface area contributed by atoms with Crippen molar-refractivity contribution in [2.45, 2.75) is 13.5 Å². The lowest BCUT2D eigenvalue weighted by Crippen LogP contribution is -2.22. The van der Waals surface area contributed by atoms with Crippen LogP contribution in [0.2, 0.25) is 0 Å². The number of thiazole rings is 1. The second-order valence-electron chi connectivity index (χ2n) is 4.81. The molecule has 0 unspecified atom stereocenters. The molecule has 112 valence electrons. The van der Waals surface area contributed by atoms with Gasteiger partial charge in [0.25, 0.3) is 0 Å². The summed E-state index contributed by atoms with van der Waals surface area (Å²) in [6.07, 6.45) is 0. The fourth-order valence-electron chi connectivity index (χ4n) is 2.37. The molecule has 0 aliphatic carbocycles. The summed E-state index contributed by atoms with van der Waals surface area (Å²) in [4.78, 5) is 27.6. The molecule has 1 heterocycles. The molecule has 2 aromatic carbocycles. The minimum Gasteiger partial charge on any atom is -0.468 e. The van der Waals surface area contributed by atoms with E-state index in [1.54, 1.807) is 4.57 Å². The van der Waals surface area contributed by atoms with Crippen molar-refractivity contribution in [1.82, 2.24) is 4.57 Å². The summed E-state index contributed by atoms with van der Waals surface area (Å²) >= 11 is 1.40. The van der Waals surface area contributed by atoms with Crippen LogP contribution in [0.1, 0.15) is 6.92 Å². The highest BCUT2D eigenvalue weighted by molar-refractivity contribution is 7.17. The molecule has 0 N–H and O–H groups in total. The van der Waals surface area contributed by atoms with Gasteiger partial charge in [-0.25, -0.2) is 0 Å². The van der Waals surface area contributed by atoms with Crippen molar-refractivity contribution in [3.05, 3.63) is 41.2 Å². The lowest BCUT2D eigenvalue weighted by molar-refractivity contribution is -0.141. The van der Waals surface area contributed by atoms with Gasteiger partial charge in [-0.05, 0) is 11.5 Å². The Labute approximate surface area is 130 Å². The summed E-state index contributed by atoms with van der Waals surface area (Å²) in [5.41, 5.74) is 0.870. The van der Waals surface area contributed by atoms with E-state index < -0.39 is 0 Å². The first-order valence-electron chi connectivity index (χ1n) is 6.73. The Morgan fingerprint density at radius 3 is 2.73 bits per heavy atom. The zero-order valence-electron chi connectivity index (χ0n) is 12.2. The Balaban J connectivity index is 2.37. The number of hydrogen-bond donors (Lipinski definition) is 0. The smallest absolute Gasteiger partial charge is 0.325 e. The van der Waals surface area contributed by atoms with Gasteiger partial charge in [-0.3, -0.25) is 9.59 Å². The number of benzene rings is 2.